The molecule has 0 bridgehead atoms. The van der Waals surface area contributed by atoms with E-state index in [0.29, 0.717) is 12.8 Å². The molecule has 0 aliphatic rings. The minimum absolute atomic E-state index is 0.0385. The first-order valence-electron chi connectivity index (χ1n) is 10.3. The van der Waals surface area contributed by atoms with Crippen molar-refractivity contribution in [3.63, 3.8) is 0 Å². The lowest BCUT2D eigenvalue weighted by molar-refractivity contribution is -0.384. The minimum Gasteiger partial charge on any atom is -0.469 e. The number of carbonyl (C=O) groups excluding carboxylic acids is 4. The summed E-state index contributed by atoms with van der Waals surface area (Å²) in [7, 11) is 1.30. The van der Waals surface area contributed by atoms with Crippen LogP contribution in [0.4, 0.5) is 5.69 Å². The molecule has 0 aromatic heterocycles. The van der Waals surface area contributed by atoms with E-state index >= 15 is 0 Å². The van der Waals surface area contributed by atoms with Crippen LogP contribution in [-0.4, -0.2) is 54.9 Å². The van der Waals surface area contributed by atoms with Gasteiger partial charge in [-0.1, -0.05) is 13.8 Å². The molecule has 0 aliphatic carbocycles. The first-order valence-corrected chi connectivity index (χ1v) is 10.3. The molecule has 0 saturated carbocycles. The summed E-state index contributed by atoms with van der Waals surface area (Å²) in [5.41, 5.74) is 0.112. The van der Waals surface area contributed by atoms with E-state index in [9.17, 15) is 29.3 Å². The second kappa shape index (κ2) is 13.7. The Morgan fingerprint density at radius 2 is 1.69 bits per heavy atom. The summed E-state index contributed by atoms with van der Waals surface area (Å²) in [6, 6.07) is 4.38. The molecule has 11 nitrogen and oxygen atoms in total. The highest BCUT2D eigenvalue weighted by molar-refractivity contribution is 5.94. The van der Waals surface area contributed by atoms with Crippen LogP contribution in [0.2, 0.25) is 0 Å². The molecule has 0 radical (unpaired) electrons. The molecule has 1 rings (SSSR count). The van der Waals surface area contributed by atoms with Gasteiger partial charge in [0.15, 0.2) is 0 Å². The van der Waals surface area contributed by atoms with E-state index in [2.05, 4.69) is 20.7 Å². The van der Waals surface area contributed by atoms with Gasteiger partial charge in [-0.05, 0) is 30.9 Å². The van der Waals surface area contributed by atoms with Crippen molar-refractivity contribution in [1.82, 2.24) is 16.0 Å². The number of esters is 1. The molecule has 176 valence electrons. The summed E-state index contributed by atoms with van der Waals surface area (Å²) in [6.07, 6.45) is 1.01. The third kappa shape index (κ3) is 10.0. The van der Waals surface area contributed by atoms with Crippen molar-refractivity contribution in [3.8, 4) is 0 Å². The van der Waals surface area contributed by atoms with Gasteiger partial charge < -0.3 is 20.7 Å². The lowest BCUT2D eigenvalue weighted by Gasteiger charge is -2.20. The second-order valence-corrected chi connectivity index (χ2v) is 7.53. The maximum absolute atomic E-state index is 12.4. The largest absolute Gasteiger partial charge is 0.469 e. The van der Waals surface area contributed by atoms with Crippen molar-refractivity contribution in [2.75, 3.05) is 20.2 Å². The summed E-state index contributed by atoms with van der Waals surface area (Å²) in [5, 5.41) is 18.6. The summed E-state index contributed by atoms with van der Waals surface area (Å²) in [5.74, 6) is -1.41. The Labute approximate surface area is 186 Å². The number of amides is 3. The summed E-state index contributed by atoms with van der Waals surface area (Å²) in [6.45, 7) is 4.17. The zero-order chi connectivity index (χ0) is 24.1. The number of hydrogen-bond donors (Lipinski definition) is 3. The maximum atomic E-state index is 12.4. The van der Waals surface area contributed by atoms with Crippen LogP contribution in [0.5, 0.6) is 0 Å². The number of carbonyl (C=O) groups is 4. The van der Waals surface area contributed by atoms with Gasteiger partial charge in [-0.25, -0.2) is 0 Å². The van der Waals surface area contributed by atoms with Crippen LogP contribution < -0.4 is 16.0 Å². The topological polar surface area (TPSA) is 157 Å². The smallest absolute Gasteiger partial charge is 0.305 e. The number of non-ortho nitro benzene ring substituents is 1. The third-order valence-corrected chi connectivity index (χ3v) is 4.42. The summed E-state index contributed by atoms with van der Waals surface area (Å²) >= 11 is 0. The molecule has 0 fully saturated rings. The maximum Gasteiger partial charge on any atom is 0.305 e. The third-order valence-electron chi connectivity index (χ3n) is 4.42. The molecular formula is C21H30N4O7. The van der Waals surface area contributed by atoms with Crippen molar-refractivity contribution >= 4 is 29.4 Å². The molecule has 1 atom stereocenters. The highest BCUT2D eigenvalue weighted by Gasteiger charge is 2.21. The molecule has 0 heterocycles. The number of ether oxygens (including phenoxy) is 1. The minimum atomic E-state index is -0.731. The standard InChI is InChI=1S/C21H30N4O7/c1-14(2)13-17(21(29)22-11-4-5-19(27)32-3)24-18(26)10-12-23-20(28)15-6-8-16(9-7-15)25(30)31/h6-9,14,17H,4-5,10-13H2,1-3H3,(H,22,29)(H,23,28)(H,24,26)/t17-/m1/s1. The number of nitro groups is 1. The predicted molar refractivity (Wildman–Crippen MR) is 116 cm³/mol. The van der Waals surface area contributed by atoms with Crippen LogP contribution in [0, 0.1) is 16.0 Å². The summed E-state index contributed by atoms with van der Waals surface area (Å²) < 4.78 is 4.54. The Kier molecular flexibility index (Phi) is 11.4. The van der Waals surface area contributed by atoms with E-state index in [1.165, 1.54) is 31.4 Å². The molecule has 0 spiro atoms. The van der Waals surface area contributed by atoms with Crippen molar-refractivity contribution in [1.29, 1.82) is 0 Å². The fourth-order valence-electron chi connectivity index (χ4n) is 2.77. The molecule has 1 aromatic rings. The van der Waals surface area contributed by atoms with Crippen molar-refractivity contribution in [3.05, 3.63) is 39.9 Å². The molecule has 1 aromatic carbocycles. The van der Waals surface area contributed by atoms with Gasteiger partial charge in [0.1, 0.15) is 6.04 Å². The van der Waals surface area contributed by atoms with Crippen LogP contribution >= 0.6 is 0 Å². The molecular weight excluding hydrogens is 420 g/mol. The van der Waals surface area contributed by atoms with E-state index in [-0.39, 0.29) is 55.0 Å². The predicted octanol–water partition coefficient (Wildman–Crippen LogP) is 1.32. The number of methoxy groups -OCH3 is 1. The molecule has 3 amide bonds. The first-order chi connectivity index (χ1) is 15.1. The molecule has 11 heteroatoms. The van der Waals surface area contributed by atoms with Gasteiger partial charge in [-0.15, -0.1) is 0 Å². The van der Waals surface area contributed by atoms with E-state index in [1.54, 1.807) is 0 Å². The highest BCUT2D eigenvalue weighted by Crippen LogP contribution is 2.11. The lowest BCUT2D eigenvalue weighted by Crippen LogP contribution is -2.48. The molecule has 0 saturated heterocycles. The van der Waals surface area contributed by atoms with E-state index in [0.717, 1.165) is 0 Å². The van der Waals surface area contributed by atoms with Crippen LogP contribution in [0.3, 0.4) is 0 Å². The zero-order valence-electron chi connectivity index (χ0n) is 18.5. The van der Waals surface area contributed by atoms with E-state index in [4.69, 9.17) is 0 Å². The number of rotatable bonds is 13. The first kappa shape index (κ1) is 26.5. The average molecular weight is 450 g/mol. The van der Waals surface area contributed by atoms with Crippen molar-refractivity contribution in [2.24, 2.45) is 5.92 Å². The highest BCUT2D eigenvalue weighted by atomic mass is 16.6. The van der Waals surface area contributed by atoms with Gasteiger partial charge in [-0.2, -0.15) is 0 Å². The molecule has 0 unspecified atom stereocenters. The second-order valence-electron chi connectivity index (χ2n) is 7.53. The monoisotopic (exact) mass is 450 g/mol. The number of nitrogens with one attached hydrogen (secondary N) is 3. The average Bonchev–Trinajstić information content (AvgIpc) is 2.75. The number of nitro benzene ring substituents is 1. The SMILES string of the molecule is COC(=O)CCCNC(=O)[C@@H](CC(C)C)NC(=O)CCNC(=O)c1ccc([N+](=O)[O-])cc1. The van der Waals surface area contributed by atoms with E-state index in [1.807, 2.05) is 13.8 Å². The molecule has 0 aliphatic heterocycles. The summed E-state index contributed by atoms with van der Waals surface area (Å²) in [4.78, 5) is 58.0. The normalized spacial score (nSPS) is 11.4. The Bertz CT molecular complexity index is 809. The van der Waals surface area contributed by atoms with Crippen LogP contribution in [-0.2, 0) is 19.1 Å². The van der Waals surface area contributed by atoms with Gasteiger partial charge in [-0.3, -0.25) is 29.3 Å². The van der Waals surface area contributed by atoms with Gasteiger partial charge in [0, 0.05) is 43.6 Å². The zero-order valence-corrected chi connectivity index (χ0v) is 18.5. The van der Waals surface area contributed by atoms with Gasteiger partial charge in [0.05, 0.1) is 12.0 Å². The Morgan fingerprint density at radius 1 is 1.03 bits per heavy atom. The van der Waals surface area contributed by atoms with Crippen molar-refractivity contribution < 1.29 is 28.8 Å². The Morgan fingerprint density at radius 3 is 2.25 bits per heavy atom. The lowest BCUT2D eigenvalue weighted by atomic mass is 10.0. The van der Waals surface area contributed by atoms with Crippen LogP contribution in [0.15, 0.2) is 24.3 Å². The van der Waals surface area contributed by atoms with E-state index < -0.39 is 22.8 Å². The van der Waals surface area contributed by atoms with Crippen LogP contribution in [0.1, 0.15) is 49.9 Å². The van der Waals surface area contributed by atoms with Crippen molar-refractivity contribution in [2.45, 2.75) is 45.6 Å². The Balaban J connectivity index is 2.47. The number of benzene rings is 1. The fourth-order valence-corrected chi connectivity index (χ4v) is 2.77. The van der Waals surface area contributed by atoms with Gasteiger partial charge in [0.25, 0.3) is 11.6 Å². The number of nitrogens with zero attached hydrogens (tertiary/aromatic N) is 1. The molecule has 3 N–H and O–H groups in total. The number of hydrogen-bond acceptors (Lipinski definition) is 7. The molecule has 32 heavy (non-hydrogen) atoms. The van der Waals surface area contributed by atoms with Crippen LogP contribution in [0.25, 0.3) is 0 Å². The van der Waals surface area contributed by atoms with Gasteiger partial charge in [0.2, 0.25) is 11.8 Å². The Hall–Kier alpha value is -3.50. The van der Waals surface area contributed by atoms with Gasteiger partial charge >= 0.3 is 5.97 Å². The fraction of sp³-hybridized carbons (Fsp3) is 0.524. The quantitative estimate of drug-likeness (QED) is 0.177.